The summed E-state index contributed by atoms with van der Waals surface area (Å²) in [5.41, 5.74) is 5.39. The number of alkyl carbamates (subject to hydrolysis) is 1. The Bertz CT molecular complexity index is 1820. The van der Waals surface area contributed by atoms with E-state index in [0.29, 0.717) is 49.6 Å². The summed E-state index contributed by atoms with van der Waals surface area (Å²) in [6, 6.07) is 18.6. The van der Waals surface area contributed by atoms with E-state index in [2.05, 4.69) is 25.9 Å². The number of nitrogens with one attached hydrogen (secondary N) is 2. The van der Waals surface area contributed by atoms with Crippen molar-refractivity contribution in [3.05, 3.63) is 88.5 Å². The second kappa shape index (κ2) is 16.2. The van der Waals surface area contributed by atoms with Crippen LogP contribution in [0.2, 0.25) is 0 Å². The number of anilines is 1. The van der Waals surface area contributed by atoms with Crippen LogP contribution in [0.5, 0.6) is 0 Å². The third-order valence-corrected chi connectivity index (χ3v) is 9.46. The number of benzene rings is 3. The smallest absolute Gasteiger partial charge is 0.407 e. The lowest BCUT2D eigenvalue weighted by Gasteiger charge is -2.29. The van der Waals surface area contributed by atoms with Gasteiger partial charge in [0, 0.05) is 36.1 Å². The molecule has 51 heavy (non-hydrogen) atoms. The van der Waals surface area contributed by atoms with E-state index in [0.717, 1.165) is 40.7 Å². The number of azo groups is 1. The molecular formula is C40H47N5O6. The van der Waals surface area contributed by atoms with Crippen molar-refractivity contribution in [2.24, 2.45) is 33.0 Å². The largest absolute Gasteiger partial charge is 0.478 e. The molecule has 1 heterocycles. The third-order valence-electron chi connectivity index (χ3n) is 9.46. The summed E-state index contributed by atoms with van der Waals surface area (Å²) < 4.78 is 5.35. The molecule has 1 saturated carbocycles. The van der Waals surface area contributed by atoms with Crippen LogP contribution in [0, 0.1) is 31.6 Å². The number of carbonyl (C=O) groups is 4. The number of nitrogens with zero attached hydrogens (tertiary/aromatic N) is 3. The van der Waals surface area contributed by atoms with Gasteiger partial charge in [-0.2, -0.15) is 5.11 Å². The first-order valence-electron chi connectivity index (χ1n) is 17.5. The summed E-state index contributed by atoms with van der Waals surface area (Å²) in [6.45, 7) is 10.0. The summed E-state index contributed by atoms with van der Waals surface area (Å²) in [6.07, 6.45) is 3.06. The number of aromatic carboxylic acids is 1. The van der Waals surface area contributed by atoms with Crippen molar-refractivity contribution in [2.45, 2.75) is 78.7 Å². The van der Waals surface area contributed by atoms with E-state index < -0.39 is 23.6 Å². The molecular weight excluding hydrogens is 646 g/mol. The molecule has 0 unspecified atom stereocenters. The Labute approximate surface area is 299 Å². The van der Waals surface area contributed by atoms with Crippen LogP contribution >= 0.6 is 0 Å². The SMILES string of the molecule is Cc1cc(C)c(-c2ccc(C[C@H](CC(=O)C3CCC(CNC(=O)OC(C)(C)C)CC3)C(=O)Nc3ccc(C4=NCN=N4)cc3)cc2)cc1C(=O)O. The first-order valence-corrected chi connectivity index (χ1v) is 17.5. The lowest BCUT2D eigenvalue weighted by molar-refractivity contribution is -0.129. The van der Waals surface area contributed by atoms with Crippen LogP contribution in [0.15, 0.2) is 75.9 Å². The van der Waals surface area contributed by atoms with Crippen LogP contribution in [-0.2, 0) is 20.7 Å². The maximum Gasteiger partial charge on any atom is 0.407 e. The fourth-order valence-corrected chi connectivity index (χ4v) is 6.72. The Morgan fingerprint density at radius 1 is 0.902 bits per heavy atom. The van der Waals surface area contributed by atoms with Crippen LogP contribution in [0.3, 0.4) is 0 Å². The fraction of sp³-hybridized carbons (Fsp3) is 0.425. The van der Waals surface area contributed by atoms with E-state index in [-0.39, 0.29) is 35.5 Å². The molecule has 5 rings (SSSR count). The predicted molar refractivity (Wildman–Crippen MR) is 196 cm³/mol. The van der Waals surface area contributed by atoms with Crippen molar-refractivity contribution >= 4 is 35.3 Å². The minimum absolute atomic E-state index is 0.0711. The molecule has 11 nitrogen and oxygen atoms in total. The molecule has 3 aromatic rings. The number of rotatable bonds is 12. The first-order chi connectivity index (χ1) is 24.3. The minimum atomic E-state index is -0.970. The Morgan fingerprint density at radius 2 is 1.57 bits per heavy atom. The maximum atomic E-state index is 13.8. The van der Waals surface area contributed by atoms with Crippen molar-refractivity contribution in [3.63, 3.8) is 0 Å². The molecule has 1 aliphatic heterocycles. The standard InChI is InChI=1S/C40H47N5O6/c1-24-18-25(2)34(38(48)49)21-33(24)28-10-6-26(7-11-28)19-31(37(47)44-32-16-14-30(15-17-32)36-42-23-43-45-36)20-35(46)29-12-8-27(9-13-29)22-41-39(50)51-40(3,4)5/h6-7,10-11,14-18,21,27,29,31H,8-9,12-13,19-20,22-23H2,1-5H3,(H,41,50)(H,44,47)(H,48,49)/t27?,29?,31-/m1/s1. The van der Waals surface area contributed by atoms with Crippen molar-refractivity contribution < 1.29 is 29.0 Å². The van der Waals surface area contributed by atoms with E-state index in [1.165, 1.54) is 0 Å². The van der Waals surface area contributed by atoms with Gasteiger partial charge >= 0.3 is 12.1 Å². The number of carboxylic acid groups (broad SMARTS) is 1. The average Bonchev–Trinajstić information content (AvgIpc) is 3.62. The lowest BCUT2D eigenvalue weighted by atomic mass is 9.77. The highest BCUT2D eigenvalue weighted by Crippen LogP contribution is 2.32. The maximum absolute atomic E-state index is 13.8. The number of carboxylic acids is 1. The third kappa shape index (κ3) is 10.2. The molecule has 0 aromatic heterocycles. The molecule has 0 saturated heterocycles. The highest BCUT2D eigenvalue weighted by Gasteiger charge is 2.31. The second-order valence-electron chi connectivity index (χ2n) is 14.6. The number of carbonyl (C=O) groups excluding carboxylic acids is 3. The number of ketones is 1. The minimum Gasteiger partial charge on any atom is -0.478 e. The number of Topliss-reactive ketones (excluding diaryl/α,β-unsaturated/α-hetero) is 1. The number of hydrogen-bond acceptors (Lipinski definition) is 8. The van der Waals surface area contributed by atoms with Gasteiger partial charge in [0.25, 0.3) is 0 Å². The molecule has 0 radical (unpaired) electrons. The van der Waals surface area contributed by atoms with Gasteiger partial charge in [-0.05, 0) is 131 Å². The Morgan fingerprint density at radius 3 is 2.18 bits per heavy atom. The number of amides is 2. The topological polar surface area (TPSA) is 159 Å². The second-order valence-corrected chi connectivity index (χ2v) is 14.6. The molecule has 268 valence electrons. The highest BCUT2D eigenvalue weighted by atomic mass is 16.6. The highest BCUT2D eigenvalue weighted by molar-refractivity contribution is 6.01. The Hall–Kier alpha value is -5.19. The summed E-state index contributed by atoms with van der Waals surface area (Å²) in [4.78, 5) is 55.7. The van der Waals surface area contributed by atoms with Crippen molar-refractivity contribution in [1.29, 1.82) is 0 Å². The van der Waals surface area contributed by atoms with Crippen LogP contribution in [-0.4, -0.2) is 53.5 Å². The lowest BCUT2D eigenvalue weighted by Crippen LogP contribution is -2.37. The number of aliphatic imine (C=N–C) groups is 1. The summed E-state index contributed by atoms with van der Waals surface area (Å²) in [5, 5.41) is 23.4. The number of amidine groups is 1. The van der Waals surface area contributed by atoms with Gasteiger partial charge in [0.05, 0.1) is 5.56 Å². The molecule has 0 bridgehead atoms. The average molecular weight is 694 g/mol. The zero-order valence-electron chi connectivity index (χ0n) is 30.0. The van der Waals surface area contributed by atoms with E-state index in [1.54, 1.807) is 25.1 Å². The Balaban J connectivity index is 1.27. The van der Waals surface area contributed by atoms with Crippen LogP contribution in [0.25, 0.3) is 11.1 Å². The van der Waals surface area contributed by atoms with Crippen molar-refractivity contribution in [3.8, 4) is 11.1 Å². The molecule has 3 N–H and O–H groups in total. The van der Waals surface area contributed by atoms with Gasteiger partial charge in [-0.25, -0.2) is 14.6 Å². The van der Waals surface area contributed by atoms with Gasteiger partial charge in [-0.15, -0.1) is 5.11 Å². The van der Waals surface area contributed by atoms with Gasteiger partial charge in [0.1, 0.15) is 11.4 Å². The van der Waals surface area contributed by atoms with Crippen molar-refractivity contribution in [2.75, 3.05) is 18.5 Å². The molecule has 1 fully saturated rings. The number of aryl methyl sites for hydroxylation is 2. The molecule has 0 spiro atoms. The van der Waals surface area contributed by atoms with Gasteiger partial charge in [0.15, 0.2) is 12.5 Å². The molecule has 2 aliphatic rings. The number of hydrogen-bond donors (Lipinski definition) is 3. The quantitative estimate of drug-likeness (QED) is 0.175. The van der Waals surface area contributed by atoms with Gasteiger partial charge < -0.3 is 20.5 Å². The van der Waals surface area contributed by atoms with E-state index in [1.807, 2.05) is 70.2 Å². The fourth-order valence-electron chi connectivity index (χ4n) is 6.72. The van der Waals surface area contributed by atoms with Gasteiger partial charge in [0.2, 0.25) is 5.91 Å². The van der Waals surface area contributed by atoms with E-state index in [4.69, 9.17) is 4.74 Å². The van der Waals surface area contributed by atoms with E-state index in [9.17, 15) is 24.3 Å². The van der Waals surface area contributed by atoms with E-state index >= 15 is 0 Å². The molecule has 3 aromatic carbocycles. The number of ether oxygens (including phenoxy) is 1. The van der Waals surface area contributed by atoms with Gasteiger partial charge in [-0.3, -0.25) is 9.59 Å². The normalized spacial score (nSPS) is 17.7. The Kier molecular flexibility index (Phi) is 11.8. The van der Waals surface area contributed by atoms with Crippen LogP contribution in [0.4, 0.5) is 10.5 Å². The zero-order valence-corrected chi connectivity index (χ0v) is 30.0. The molecule has 2 amide bonds. The summed E-state index contributed by atoms with van der Waals surface area (Å²) >= 11 is 0. The summed E-state index contributed by atoms with van der Waals surface area (Å²) in [5.74, 6) is -1.08. The first kappa shape index (κ1) is 37.1. The molecule has 11 heteroatoms. The predicted octanol–water partition coefficient (Wildman–Crippen LogP) is 7.93. The monoisotopic (exact) mass is 693 g/mol. The van der Waals surface area contributed by atoms with Crippen molar-refractivity contribution in [1.82, 2.24) is 5.32 Å². The van der Waals surface area contributed by atoms with Gasteiger partial charge in [-0.1, -0.05) is 30.3 Å². The summed E-state index contributed by atoms with van der Waals surface area (Å²) in [7, 11) is 0. The molecule has 1 aliphatic carbocycles. The van der Waals surface area contributed by atoms with Crippen LogP contribution in [0.1, 0.15) is 85.5 Å². The zero-order chi connectivity index (χ0) is 36.7. The molecule has 1 atom stereocenters. The van der Waals surface area contributed by atoms with Crippen LogP contribution < -0.4 is 10.6 Å².